The van der Waals surface area contributed by atoms with Crippen LogP contribution < -0.4 is 20.3 Å². The molecule has 0 saturated heterocycles. The van der Waals surface area contributed by atoms with Gasteiger partial charge in [0.25, 0.3) is 5.91 Å². The van der Waals surface area contributed by atoms with Crippen LogP contribution in [0.3, 0.4) is 0 Å². The highest BCUT2D eigenvalue weighted by Crippen LogP contribution is 2.34. The van der Waals surface area contributed by atoms with E-state index in [4.69, 9.17) is 0 Å². The van der Waals surface area contributed by atoms with E-state index in [1.165, 1.54) is 55.1 Å². The van der Waals surface area contributed by atoms with Crippen molar-refractivity contribution in [1.29, 1.82) is 0 Å². The number of hydrogen-bond donors (Lipinski definition) is 2. The van der Waals surface area contributed by atoms with Crippen LogP contribution in [0.1, 0.15) is 30.6 Å². The van der Waals surface area contributed by atoms with Gasteiger partial charge in [0.1, 0.15) is 23.1 Å². The molecule has 206 valence electrons. The lowest BCUT2D eigenvalue weighted by Crippen LogP contribution is -2.60. The van der Waals surface area contributed by atoms with Crippen LogP contribution in [0.2, 0.25) is 0 Å². The molecule has 0 bridgehead atoms. The fraction of sp³-hybridized carbons (Fsp3) is 0.296. The summed E-state index contributed by atoms with van der Waals surface area (Å²) in [5.74, 6) is -2.44. The maximum atomic E-state index is 13.2. The summed E-state index contributed by atoms with van der Waals surface area (Å²) in [7, 11) is 1.56. The monoisotopic (exact) mass is 546 g/mol. The van der Waals surface area contributed by atoms with E-state index in [1.54, 1.807) is 13.1 Å². The second-order valence-electron chi connectivity index (χ2n) is 9.60. The Kier molecular flexibility index (Phi) is 7.40. The van der Waals surface area contributed by atoms with Crippen molar-refractivity contribution in [2.75, 3.05) is 18.5 Å². The van der Waals surface area contributed by atoms with E-state index in [9.17, 15) is 31.9 Å². The zero-order chi connectivity index (χ0) is 28.5. The Bertz CT molecular complexity index is 1340. The molecule has 0 aromatic heterocycles. The van der Waals surface area contributed by atoms with E-state index < -0.39 is 35.6 Å². The number of amides is 3. The quantitative estimate of drug-likeness (QED) is 0.537. The van der Waals surface area contributed by atoms with Crippen LogP contribution in [0.15, 0.2) is 72.1 Å². The predicted molar refractivity (Wildman–Crippen MR) is 134 cm³/mol. The molecule has 1 atom stereocenters. The highest BCUT2D eigenvalue weighted by Gasteiger charge is 2.39. The fourth-order valence-corrected chi connectivity index (χ4v) is 4.32. The molecule has 2 aliphatic heterocycles. The van der Waals surface area contributed by atoms with Crippen molar-refractivity contribution in [2.45, 2.75) is 38.2 Å². The van der Waals surface area contributed by atoms with E-state index in [2.05, 4.69) is 15.4 Å². The normalized spacial score (nSPS) is 17.6. The first-order valence-electron chi connectivity index (χ1n) is 11.9. The number of anilines is 1. The van der Waals surface area contributed by atoms with Gasteiger partial charge in [-0.1, -0.05) is 6.08 Å². The van der Waals surface area contributed by atoms with Gasteiger partial charge >= 0.3 is 6.36 Å². The summed E-state index contributed by atoms with van der Waals surface area (Å²) in [6, 6.07) is 9.22. The topological polar surface area (TPSA) is 91.0 Å². The predicted octanol–water partition coefficient (Wildman–Crippen LogP) is 3.87. The molecular formula is C27H26F4N4O4. The van der Waals surface area contributed by atoms with Crippen LogP contribution in [0.4, 0.5) is 23.2 Å². The number of carbonyl (C=O) groups is 3. The fourth-order valence-electron chi connectivity index (χ4n) is 4.32. The maximum Gasteiger partial charge on any atom is 0.573 e. The van der Waals surface area contributed by atoms with Crippen molar-refractivity contribution < 1.29 is 36.7 Å². The molecule has 0 spiro atoms. The Morgan fingerprint density at radius 2 is 1.67 bits per heavy atom. The third-order valence-corrected chi connectivity index (χ3v) is 6.36. The second-order valence-corrected chi connectivity index (χ2v) is 9.60. The number of alkyl halides is 3. The van der Waals surface area contributed by atoms with Crippen molar-refractivity contribution >= 4 is 23.4 Å². The van der Waals surface area contributed by atoms with Gasteiger partial charge in [-0.25, -0.2) is 4.39 Å². The Morgan fingerprint density at radius 1 is 1.03 bits per heavy atom. The van der Waals surface area contributed by atoms with Crippen molar-refractivity contribution in [3.05, 3.63) is 83.5 Å². The molecular weight excluding hydrogens is 520 g/mol. The van der Waals surface area contributed by atoms with Crippen molar-refractivity contribution in [3.8, 4) is 5.75 Å². The molecule has 2 heterocycles. The lowest BCUT2D eigenvalue weighted by atomic mass is 9.96. The molecule has 0 unspecified atom stereocenters. The molecule has 2 aliphatic rings. The van der Waals surface area contributed by atoms with Crippen LogP contribution in [0, 0.1) is 5.82 Å². The van der Waals surface area contributed by atoms with E-state index in [0.29, 0.717) is 23.6 Å². The minimum Gasteiger partial charge on any atom is -0.406 e. The molecule has 0 aliphatic carbocycles. The first-order chi connectivity index (χ1) is 18.2. The minimum absolute atomic E-state index is 0.109. The van der Waals surface area contributed by atoms with Crippen LogP contribution in [0.25, 0.3) is 0 Å². The standard InChI is InChI=1S/C27H26F4N4O4/c1-26(2,33-23(36)16-6-8-17(28)9-7-16)25(38)32-20-15-22-21(34(3)24(20)37)5-4-14-35(22)18-10-12-19(13-11-18)39-27(29,30)31/h4-13,20H,14-15H2,1-3H3,(H,32,38)(H,33,36)/t20-/m1/s1. The number of carbonyl (C=O) groups excluding carboxylic acids is 3. The average Bonchev–Trinajstić information content (AvgIpc) is 2.86. The van der Waals surface area contributed by atoms with E-state index in [0.717, 1.165) is 12.1 Å². The van der Waals surface area contributed by atoms with Gasteiger partial charge in [0.05, 0.1) is 5.70 Å². The highest BCUT2D eigenvalue weighted by atomic mass is 19.4. The molecule has 4 rings (SSSR count). The Hall–Kier alpha value is -4.35. The van der Waals surface area contributed by atoms with Gasteiger partial charge in [0.15, 0.2) is 0 Å². The summed E-state index contributed by atoms with van der Waals surface area (Å²) in [5.41, 5.74) is 0.594. The minimum atomic E-state index is -4.81. The van der Waals surface area contributed by atoms with Gasteiger partial charge in [0, 0.05) is 37.0 Å². The van der Waals surface area contributed by atoms with Crippen molar-refractivity contribution in [2.24, 2.45) is 0 Å². The van der Waals surface area contributed by atoms with Crippen LogP contribution in [-0.4, -0.2) is 54.2 Å². The summed E-state index contributed by atoms with van der Waals surface area (Å²) in [6.07, 6.45) is -1.11. The summed E-state index contributed by atoms with van der Waals surface area (Å²) >= 11 is 0. The summed E-state index contributed by atoms with van der Waals surface area (Å²) in [4.78, 5) is 42.1. The highest BCUT2D eigenvalue weighted by molar-refractivity contribution is 6.00. The summed E-state index contributed by atoms with van der Waals surface area (Å²) in [5, 5.41) is 5.31. The lowest BCUT2D eigenvalue weighted by molar-refractivity contribution is -0.274. The maximum absolute atomic E-state index is 13.2. The third-order valence-electron chi connectivity index (χ3n) is 6.36. The molecule has 0 saturated carbocycles. The van der Waals surface area contributed by atoms with Gasteiger partial charge in [-0.15, -0.1) is 13.2 Å². The number of ether oxygens (including phenoxy) is 1. The second kappa shape index (κ2) is 10.4. The largest absolute Gasteiger partial charge is 0.573 e. The van der Waals surface area contributed by atoms with Gasteiger partial charge < -0.3 is 25.2 Å². The lowest BCUT2D eigenvalue weighted by Gasteiger charge is -2.40. The molecule has 2 N–H and O–H groups in total. The molecule has 12 heteroatoms. The first-order valence-corrected chi connectivity index (χ1v) is 11.9. The SMILES string of the molecule is CN1C(=O)[C@H](NC(=O)C(C)(C)NC(=O)c2ccc(F)cc2)CC2=C1C=CCN2c1ccc(OC(F)(F)F)cc1. The van der Waals surface area contributed by atoms with E-state index in [1.807, 2.05) is 11.0 Å². The zero-order valence-corrected chi connectivity index (χ0v) is 21.3. The Balaban J connectivity index is 1.50. The molecule has 8 nitrogen and oxygen atoms in total. The summed E-state index contributed by atoms with van der Waals surface area (Å²) < 4.78 is 54.8. The molecule has 39 heavy (non-hydrogen) atoms. The van der Waals surface area contributed by atoms with Crippen molar-refractivity contribution in [3.63, 3.8) is 0 Å². The van der Waals surface area contributed by atoms with Crippen LogP contribution in [0.5, 0.6) is 5.75 Å². The average molecular weight is 547 g/mol. The number of benzene rings is 2. The van der Waals surface area contributed by atoms with Crippen LogP contribution >= 0.6 is 0 Å². The number of allylic oxidation sites excluding steroid dienone is 1. The third kappa shape index (κ3) is 6.21. The molecule has 0 fully saturated rings. The first kappa shape index (κ1) is 27.7. The zero-order valence-electron chi connectivity index (χ0n) is 21.3. The molecule has 2 aromatic carbocycles. The molecule has 3 amide bonds. The Morgan fingerprint density at radius 3 is 2.28 bits per heavy atom. The van der Waals surface area contributed by atoms with E-state index in [-0.39, 0.29) is 23.6 Å². The van der Waals surface area contributed by atoms with Gasteiger partial charge in [-0.3, -0.25) is 14.4 Å². The van der Waals surface area contributed by atoms with Crippen molar-refractivity contribution in [1.82, 2.24) is 15.5 Å². The molecule has 2 aromatic rings. The number of hydrogen-bond acceptors (Lipinski definition) is 5. The van der Waals surface area contributed by atoms with Gasteiger partial charge in [-0.05, 0) is 68.5 Å². The molecule has 0 radical (unpaired) electrons. The van der Waals surface area contributed by atoms with E-state index >= 15 is 0 Å². The number of nitrogens with one attached hydrogen (secondary N) is 2. The number of rotatable bonds is 6. The summed E-state index contributed by atoms with van der Waals surface area (Å²) in [6.45, 7) is 3.34. The number of nitrogens with zero attached hydrogens (tertiary/aromatic N) is 2. The van der Waals surface area contributed by atoms with Gasteiger partial charge in [0.2, 0.25) is 11.8 Å². The Labute approximate surface area is 221 Å². The van der Waals surface area contributed by atoms with Gasteiger partial charge in [-0.2, -0.15) is 0 Å². The number of likely N-dealkylation sites (N-methyl/N-ethyl adjacent to an activating group) is 1. The van der Waals surface area contributed by atoms with Crippen LogP contribution in [-0.2, 0) is 9.59 Å². The smallest absolute Gasteiger partial charge is 0.406 e. The number of halogens is 4.